The lowest BCUT2D eigenvalue weighted by Gasteiger charge is -2.41. The molecule has 7 nitrogen and oxygen atoms in total. The molecule has 0 aliphatic carbocycles. The number of amides is 3. The van der Waals surface area contributed by atoms with E-state index in [0.29, 0.717) is 17.7 Å². The van der Waals surface area contributed by atoms with Crippen LogP contribution in [0.4, 0.5) is 16.2 Å². The number of fused-ring (bicyclic) bond motifs is 1. The van der Waals surface area contributed by atoms with E-state index in [1.165, 1.54) is 5.56 Å². The van der Waals surface area contributed by atoms with Crippen molar-refractivity contribution in [2.75, 3.05) is 31.5 Å². The molecule has 2 aromatic rings. The fourth-order valence-electron chi connectivity index (χ4n) is 5.02. The lowest BCUT2D eigenvalue weighted by molar-refractivity contribution is 0.0550. The van der Waals surface area contributed by atoms with Crippen LogP contribution in [0.2, 0.25) is 0 Å². The molecule has 7 heteroatoms. The third-order valence-corrected chi connectivity index (χ3v) is 6.81. The second-order valence-electron chi connectivity index (χ2n) is 8.58. The third kappa shape index (κ3) is 3.58. The van der Waals surface area contributed by atoms with Gasteiger partial charge in [-0.05, 0) is 75.4 Å². The number of likely N-dealkylation sites (tertiary alicyclic amines) is 2. The van der Waals surface area contributed by atoms with Crippen molar-refractivity contribution in [1.29, 1.82) is 0 Å². The Bertz CT molecular complexity index is 953. The Labute approximate surface area is 176 Å². The normalized spacial score (nSPS) is 20.7. The SMILES string of the molecule is Cc1ccoc1C(=O)N1CCC(N2CCC(c3ccc4c(c3)[N]C(=O)N4)CC2)CC1. The number of aryl methyl sites for hydroxylation is 1. The Morgan fingerprint density at radius 3 is 2.57 bits per heavy atom. The van der Waals surface area contributed by atoms with Crippen molar-refractivity contribution in [3.8, 4) is 0 Å². The van der Waals surface area contributed by atoms with Gasteiger partial charge in [-0.2, -0.15) is 5.32 Å². The third-order valence-electron chi connectivity index (χ3n) is 6.81. The Kier molecular flexibility index (Phi) is 4.98. The van der Waals surface area contributed by atoms with Gasteiger partial charge in [-0.3, -0.25) is 4.79 Å². The number of anilines is 1. The molecule has 0 saturated carbocycles. The number of benzene rings is 1. The van der Waals surface area contributed by atoms with E-state index in [9.17, 15) is 9.59 Å². The molecular weight excluding hydrogens is 380 g/mol. The number of piperidine rings is 2. The number of carbonyl (C=O) groups is 2. The number of nitrogens with one attached hydrogen (secondary N) is 1. The van der Waals surface area contributed by atoms with E-state index in [4.69, 9.17) is 4.42 Å². The predicted octanol–water partition coefficient (Wildman–Crippen LogP) is 3.85. The number of urea groups is 1. The number of carbonyl (C=O) groups excluding carboxylic acids is 2. The summed E-state index contributed by atoms with van der Waals surface area (Å²) < 4.78 is 5.38. The van der Waals surface area contributed by atoms with Crippen molar-refractivity contribution in [3.05, 3.63) is 47.4 Å². The van der Waals surface area contributed by atoms with Gasteiger partial charge in [0, 0.05) is 24.7 Å². The van der Waals surface area contributed by atoms with Crippen LogP contribution in [0.25, 0.3) is 0 Å². The summed E-state index contributed by atoms with van der Waals surface area (Å²) in [5, 5.41) is 6.80. The summed E-state index contributed by atoms with van der Waals surface area (Å²) >= 11 is 0. The summed E-state index contributed by atoms with van der Waals surface area (Å²) in [7, 11) is 0. The summed E-state index contributed by atoms with van der Waals surface area (Å²) in [4.78, 5) is 28.6. The Balaban J connectivity index is 1.14. The highest BCUT2D eigenvalue weighted by Gasteiger charge is 2.31. The van der Waals surface area contributed by atoms with E-state index in [1.807, 2.05) is 24.0 Å². The summed E-state index contributed by atoms with van der Waals surface area (Å²) in [5.74, 6) is 1.01. The van der Waals surface area contributed by atoms with Crippen molar-refractivity contribution in [2.45, 2.75) is 44.6 Å². The molecule has 2 saturated heterocycles. The molecule has 1 N–H and O–H groups in total. The fraction of sp³-hybridized carbons (Fsp3) is 0.478. The van der Waals surface area contributed by atoms with E-state index < -0.39 is 0 Å². The maximum Gasteiger partial charge on any atom is 0.346 e. The van der Waals surface area contributed by atoms with E-state index >= 15 is 0 Å². The molecule has 0 atom stereocenters. The van der Waals surface area contributed by atoms with Crippen LogP contribution in [-0.4, -0.2) is 54.0 Å². The molecule has 5 rings (SSSR count). The maximum atomic E-state index is 12.7. The van der Waals surface area contributed by atoms with E-state index in [-0.39, 0.29) is 11.9 Å². The second kappa shape index (κ2) is 7.80. The van der Waals surface area contributed by atoms with Crippen LogP contribution in [-0.2, 0) is 0 Å². The number of hydrogen-bond donors (Lipinski definition) is 1. The summed E-state index contributed by atoms with van der Waals surface area (Å²) in [6.07, 6.45) is 5.85. The van der Waals surface area contributed by atoms with E-state index in [0.717, 1.165) is 68.8 Å². The van der Waals surface area contributed by atoms with Gasteiger partial charge < -0.3 is 19.5 Å². The van der Waals surface area contributed by atoms with Gasteiger partial charge >= 0.3 is 6.03 Å². The minimum atomic E-state index is -0.274. The number of nitrogens with zero attached hydrogens (tertiary/aromatic N) is 3. The lowest BCUT2D eigenvalue weighted by atomic mass is 9.87. The Morgan fingerprint density at radius 1 is 1.10 bits per heavy atom. The van der Waals surface area contributed by atoms with E-state index in [2.05, 4.69) is 27.7 Å². The quantitative estimate of drug-likeness (QED) is 0.838. The van der Waals surface area contributed by atoms with Gasteiger partial charge in [0.2, 0.25) is 0 Å². The van der Waals surface area contributed by atoms with Crippen LogP contribution in [0, 0.1) is 6.92 Å². The highest BCUT2D eigenvalue weighted by molar-refractivity contribution is 6.02. The molecule has 3 amide bonds. The average molecular weight is 407 g/mol. The highest BCUT2D eigenvalue weighted by atomic mass is 16.3. The van der Waals surface area contributed by atoms with Crippen molar-refractivity contribution in [3.63, 3.8) is 0 Å². The lowest BCUT2D eigenvalue weighted by Crippen LogP contribution is -2.48. The fourth-order valence-corrected chi connectivity index (χ4v) is 5.02. The molecule has 2 fully saturated rings. The monoisotopic (exact) mass is 407 g/mol. The van der Waals surface area contributed by atoms with Gasteiger partial charge in [0.1, 0.15) is 0 Å². The van der Waals surface area contributed by atoms with Crippen LogP contribution in [0.5, 0.6) is 0 Å². The van der Waals surface area contributed by atoms with Crippen LogP contribution in [0.15, 0.2) is 34.9 Å². The number of furan rings is 1. The number of rotatable bonds is 3. The molecule has 3 aliphatic heterocycles. The minimum absolute atomic E-state index is 0.0182. The molecule has 1 aromatic carbocycles. The molecule has 3 aliphatic rings. The smallest absolute Gasteiger partial charge is 0.346 e. The van der Waals surface area contributed by atoms with Gasteiger partial charge in [-0.25, -0.2) is 4.79 Å². The molecule has 30 heavy (non-hydrogen) atoms. The molecule has 0 bridgehead atoms. The van der Waals surface area contributed by atoms with Gasteiger partial charge in [0.05, 0.1) is 17.6 Å². The van der Waals surface area contributed by atoms with Crippen molar-refractivity contribution >= 4 is 23.3 Å². The zero-order valence-corrected chi connectivity index (χ0v) is 17.3. The second-order valence-corrected chi connectivity index (χ2v) is 8.58. The molecule has 1 radical (unpaired) electrons. The number of hydrogen-bond acceptors (Lipinski definition) is 4. The maximum absolute atomic E-state index is 12.7. The van der Waals surface area contributed by atoms with Gasteiger partial charge in [-0.15, -0.1) is 0 Å². The molecule has 0 spiro atoms. The van der Waals surface area contributed by atoms with E-state index in [1.54, 1.807) is 6.26 Å². The first-order valence-corrected chi connectivity index (χ1v) is 10.8. The van der Waals surface area contributed by atoms with Crippen LogP contribution >= 0.6 is 0 Å². The first kappa shape index (κ1) is 19.2. The first-order valence-electron chi connectivity index (χ1n) is 10.8. The highest BCUT2D eigenvalue weighted by Crippen LogP contribution is 2.35. The molecule has 157 valence electrons. The summed E-state index contributed by atoms with van der Waals surface area (Å²) in [6.45, 7) is 5.64. The first-order chi connectivity index (χ1) is 14.6. The standard InChI is InChI=1S/C23H27N4O3/c1-15-8-13-30-21(15)22(28)27-11-6-18(7-12-27)26-9-4-16(5-10-26)17-2-3-19-20(14-17)25-23(29)24-19/h2-3,8,13-14,16,18H,4-7,9-12H2,1H3,(H,24,29). The summed E-state index contributed by atoms with van der Waals surface area (Å²) in [6, 6.07) is 8.27. The van der Waals surface area contributed by atoms with Crippen LogP contribution in [0.3, 0.4) is 0 Å². The van der Waals surface area contributed by atoms with Crippen LogP contribution in [0.1, 0.15) is 53.3 Å². The molecule has 1 aromatic heterocycles. The topological polar surface area (TPSA) is 79.9 Å². The zero-order chi connectivity index (χ0) is 20.7. The average Bonchev–Trinajstić information content (AvgIpc) is 3.37. The zero-order valence-electron chi connectivity index (χ0n) is 17.3. The van der Waals surface area contributed by atoms with Gasteiger partial charge in [-0.1, -0.05) is 6.07 Å². The predicted molar refractivity (Wildman–Crippen MR) is 113 cm³/mol. The molecule has 4 heterocycles. The molecular formula is C23H27N4O3. The van der Waals surface area contributed by atoms with Crippen LogP contribution < -0.4 is 10.6 Å². The van der Waals surface area contributed by atoms with Crippen molar-refractivity contribution < 1.29 is 14.0 Å². The van der Waals surface area contributed by atoms with Gasteiger partial charge in [0.15, 0.2) is 5.76 Å². The van der Waals surface area contributed by atoms with Crippen molar-refractivity contribution in [1.82, 2.24) is 15.1 Å². The minimum Gasteiger partial charge on any atom is -0.459 e. The van der Waals surface area contributed by atoms with Gasteiger partial charge in [0.25, 0.3) is 5.91 Å². The Morgan fingerprint density at radius 2 is 1.87 bits per heavy atom. The molecule has 0 unspecified atom stereocenters. The summed E-state index contributed by atoms with van der Waals surface area (Å²) in [5.41, 5.74) is 3.77. The van der Waals surface area contributed by atoms with Crippen molar-refractivity contribution in [2.24, 2.45) is 0 Å². The Hall–Kier alpha value is -2.80. The largest absolute Gasteiger partial charge is 0.459 e.